The van der Waals surface area contributed by atoms with Crippen molar-refractivity contribution in [2.45, 2.75) is 29.3 Å². The molecule has 2 atom stereocenters. The van der Waals surface area contributed by atoms with Gasteiger partial charge in [-0.3, -0.25) is 14.5 Å². The Morgan fingerprint density at radius 3 is 2.44 bits per heavy atom. The van der Waals surface area contributed by atoms with Gasteiger partial charge in [0.1, 0.15) is 27.6 Å². The lowest BCUT2D eigenvalue weighted by Crippen LogP contribution is -2.58. The second-order valence-corrected chi connectivity index (χ2v) is 11.9. The third-order valence-corrected chi connectivity index (χ3v) is 9.51. The molecule has 1 saturated heterocycles. The molecular formula is C27H25Cl2N3O8S. The molecule has 14 heteroatoms. The highest BCUT2D eigenvalue weighted by Gasteiger charge is 2.63. The van der Waals surface area contributed by atoms with E-state index < -0.39 is 33.5 Å². The number of pyridine rings is 1. The van der Waals surface area contributed by atoms with Crippen molar-refractivity contribution in [3.05, 3.63) is 69.8 Å². The molecule has 1 unspecified atom stereocenters. The van der Waals surface area contributed by atoms with Gasteiger partial charge in [0, 0.05) is 28.8 Å². The van der Waals surface area contributed by atoms with Crippen LogP contribution in [0.15, 0.2) is 53.4 Å². The van der Waals surface area contributed by atoms with Crippen LogP contribution in [-0.4, -0.2) is 69.2 Å². The number of sulfonamides is 1. The highest BCUT2D eigenvalue weighted by Crippen LogP contribution is 2.55. The number of aromatic nitrogens is 1. The molecule has 3 heterocycles. The van der Waals surface area contributed by atoms with E-state index in [-0.39, 0.29) is 56.5 Å². The number of halogens is 2. The number of anilines is 1. The van der Waals surface area contributed by atoms with Crippen molar-refractivity contribution in [3.63, 3.8) is 0 Å². The number of hydrogen-bond donors (Lipinski definition) is 1. The molecule has 5 rings (SSSR count). The fourth-order valence-electron chi connectivity index (χ4n) is 5.64. The molecule has 1 N–H and O–H groups in total. The van der Waals surface area contributed by atoms with E-state index in [1.807, 2.05) is 0 Å². The molecule has 41 heavy (non-hydrogen) atoms. The molecule has 1 aromatic heterocycles. The van der Waals surface area contributed by atoms with Crippen LogP contribution >= 0.6 is 23.2 Å². The summed E-state index contributed by atoms with van der Waals surface area (Å²) in [4.78, 5) is 32.8. The van der Waals surface area contributed by atoms with Crippen molar-refractivity contribution in [3.8, 4) is 17.4 Å². The number of hydrogen-bond acceptors (Lipinski definition) is 9. The Morgan fingerprint density at radius 1 is 1.02 bits per heavy atom. The van der Waals surface area contributed by atoms with Crippen molar-refractivity contribution in [1.82, 2.24) is 9.88 Å². The molecule has 216 valence electrons. The Morgan fingerprint density at radius 2 is 1.78 bits per heavy atom. The van der Waals surface area contributed by atoms with E-state index in [1.165, 1.54) is 74.8 Å². The van der Waals surface area contributed by atoms with Crippen LogP contribution in [0.1, 0.15) is 24.0 Å². The van der Waals surface area contributed by atoms with E-state index in [2.05, 4.69) is 4.98 Å². The molecule has 1 amide bonds. The molecule has 2 aliphatic heterocycles. The summed E-state index contributed by atoms with van der Waals surface area (Å²) >= 11 is 12.6. The number of ether oxygens (including phenoxy) is 3. The number of amides is 1. The number of nitrogens with zero attached hydrogens (tertiary/aromatic N) is 3. The summed E-state index contributed by atoms with van der Waals surface area (Å²) in [5.41, 5.74) is -1.74. The van der Waals surface area contributed by atoms with Gasteiger partial charge in [0.05, 0.1) is 27.0 Å². The zero-order chi connectivity index (χ0) is 29.7. The monoisotopic (exact) mass is 621 g/mol. The average Bonchev–Trinajstić information content (AvgIpc) is 3.54. The summed E-state index contributed by atoms with van der Waals surface area (Å²) in [6.07, 6.45) is 0.660. The van der Waals surface area contributed by atoms with Crippen LogP contribution in [0.2, 0.25) is 10.2 Å². The number of aliphatic carboxylic acids is 1. The van der Waals surface area contributed by atoms with Gasteiger partial charge in [0.25, 0.3) is 15.9 Å². The summed E-state index contributed by atoms with van der Waals surface area (Å²) in [5.74, 6) is -1.91. The third-order valence-electron chi connectivity index (χ3n) is 7.33. The summed E-state index contributed by atoms with van der Waals surface area (Å²) in [7, 11) is -0.619. The molecule has 3 aromatic rings. The first-order valence-corrected chi connectivity index (χ1v) is 14.5. The molecule has 0 saturated carbocycles. The summed E-state index contributed by atoms with van der Waals surface area (Å²) in [5, 5.41) is 10.4. The highest BCUT2D eigenvalue weighted by molar-refractivity contribution is 7.93. The zero-order valence-corrected chi connectivity index (χ0v) is 24.5. The second kappa shape index (κ2) is 10.7. The molecule has 0 radical (unpaired) electrons. The second-order valence-electron chi connectivity index (χ2n) is 9.34. The number of methoxy groups -OCH3 is 3. The highest BCUT2D eigenvalue weighted by atomic mass is 35.5. The van der Waals surface area contributed by atoms with Crippen LogP contribution < -0.4 is 18.5 Å². The van der Waals surface area contributed by atoms with E-state index in [4.69, 9.17) is 37.4 Å². The number of carboxylic acids is 1. The van der Waals surface area contributed by atoms with Crippen molar-refractivity contribution >= 4 is 50.8 Å². The van der Waals surface area contributed by atoms with Gasteiger partial charge < -0.3 is 19.3 Å². The van der Waals surface area contributed by atoms with Crippen molar-refractivity contribution < 1.29 is 37.3 Å². The average molecular weight is 622 g/mol. The van der Waals surface area contributed by atoms with E-state index >= 15 is 0 Å². The van der Waals surface area contributed by atoms with Crippen LogP contribution in [-0.2, 0) is 25.2 Å². The maximum Gasteiger partial charge on any atom is 0.320 e. The van der Waals surface area contributed by atoms with Crippen LogP contribution in [0.3, 0.4) is 0 Å². The van der Waals surface area contributed by atoms with Crippen molar-refractivity contribution in [2.75, 3.05) is 32.2 Å². The van der Waals surface area contributed by atoms with Crippen LogP contribution in [0.25, 0.3) is 0 Å². The Kier molecular flexibility index (Phi) is 7.53. The minimum Gasteiger partial charge on any atom is -0.497 e. The van der Waals surface area contributed by atoms with E-state index in [1.54, 1.807) is 0 Å². The fraction of sp³-hybridized carbons (Fsp3) is 0.296. The minimum absolute atomic E-state index is 0.00897. The zero-order valence-electron chi connectivity index (χ0n) is 22.1. The Labute approximate surface area is 246 Å². The first-order valence-electron chi connectivity index (χ1n) is 12.3. The fourth-order valence-corrected chi connectivity index (χ4v) is 7.55. The van der Waals surface area contributed by atoms with Gasteiger partial charge >= 0.3 is 5.97 Å². The molecule has 1 fully saturated rings. The first-order chi connectivity index (χ1) is 19.5. The van der Waals surface area contributed by atoms with Crippen molar-refractivity contribution in [2.24, 2.45) is 0 Å². The molecule has 2 aromatic carbocycles. The lowest BCUT2D eigenvalue weighted by molar-refractivity contribution is -0.145. The lowest BCUT2D eigenvalue weighted by atomic mass is 9.81. The lowest BCUT2D eigenvalue weighted by Gasteiger charge is -2.40. The standard InChI is InChI=1S/C27H25Cl2N3O8S/c1-38-16-7-10-22(21(14-16)39-2)41(36,37)32-19-9-6-15(28)13-18(19)27(26(32)35,31-12-4-5-20(31)25(33)34)17-8-11-23(29)30-24(17)40-3/h6-11,13-14,20H,4-5,12H2,1-3H3,(H,33,34)/t20-,27?/m0/s1. The van der Waals surface area contributed by atoms with Crippen LogP contribution in [0.4, 0.5) is 5.69 Å². The number of benzene rings is 2. The number of likely N-dealkylation sites (tertiary alicyclic amines) is 1. The number of carbonyl (C=O) groups is 2. The topological polar surface area (TPSA) is 136 Å². The molecule has 11 nitrogen and oxygen atoms in total. The summed E-state index contributed by atoms with van der Waals surface area (Å²) in [6.45, 7) is 0.153. The van der Waals surface area contributed by atoms with Gasteiger partial charge in [-0.1, -0.05) is 23.2 Å². The number of carboxylic acid groups (broad SMARTS) is 1. The Hall–Kier alpha value is -3.58. The van der Waals surface area contributed by atoms with E-state index in [0.717, 1.165) is 0 Å². The molecule has 0 spiro atoms. The SMILES string of the molecule is COc1ccc(S(=O)(=O)N2C(=O)C(c3ccc(Cl)nc3OC)(N3CCC[C@H]3C(=O)O)c3cc(Cl)ccc32)c(OC)c1. The minimum atomic E-state index is -4.66. The summed E-state index contributed by atoms with van der Waals surface area (Å²) < 4.78 is 45.5. The Balaban J connectivity index is 1.86. The van der Waals surface area contributed by atoms with Crippen LogP contribution in [0.5, 0.6) is 17.4 Å². The molecule has 2 aliphatic rings. The predicted molar refractivity (Wildman–Crippen MR) is 150 cm³/mol. The normalized spacial score (nSPS) is 20.7. The van der Waals surface area contributed by atoms with Gasteiger partial charge in [-0.15, -0.1) is 0 Å². The maximum atomic E-state index is 14.9. The van der Waals surface area contributed by atoms with Crippen molar-refractivity contribution in [1.29, 1.82) is 0 Å². The van der Waals surface area contributed by atoms with Gasteiger partial charge in [0.2, 0.25) is 5.88 Å². The largest absolute Gasteiger partial charge is 0.497 e. The predicted octanol–water partition coefficient (Wildman–Crippen LogP) is 3.94. The van der Waals surface area contributed by atoms with Gasteiger partial charge in [-0.05, 0) is 55.3 Å². The maximum absolute atomic E-state index is 14.9. The van der Waals surface area contributed by atoms with E-state index in [0.29, 0.717) is 16.5 Å². The van der Waals surface area contributed by atoms with Crippen LogP contribution in [0, 0.1) is 0 Å². The van der Waals surface area contributed by atoms with Gasteiger partial charge in [-0.25, -0.2) is 17.7 Å². The van der Waals surface area contributed by atoms with Gasteiger partial charge in [0.15, 0.2) is 5.54 Å². The Bertz CT molecular complexity index is 1670. The number of carbonyl (C=O) groups excluding carboxylic acids is 1. The smallest absolute Gasteiger partial charge is 0.320 e. The summed E-state index contributed by atoms with van der Waals surface area (Å²) in [6, 6.07) is 10.2. The van der Waals surface area contributed by atoms with Gasteiger partial charge in [-0.2, -0.15) is 0 Å². The number of fused-ring (bicyclic) bond motifs is 1. The molecular weight excluding hydrogens is 597 g/mol. The molecule has 0 bridgehead atoms. The van der Waals surface area contributed by atoms with E-state index in [9.17, 15) is 23.1 Å². The quantitative estimate of drug-likeness (QED) is 0.368. The number of rotatable bonds is 8. The third kappa shape index (κ3) is 4.37. The molecule has 0 aliphatic carbocycles. The first kappa shape index (κ1) is 28.9.